The van der Waals surface area contributed by atoms with Gasteiger partial charge in [-0.05, 0) is 19.4 Å². The van der Waals surface area contributed by atoms with Gasteiger partial charge in [0.2, 0.25) is 0 Å². The second-order valence-corrected chi connectivity index (χ2v) is 2.61. The van der Waals surface area contributed by atoms with E-state index in [4.69, 9.17) is 15.2 Å². The van der Waals surface area contributed by atoms with Gasteiger partial charge in [0.25, 0.3) is 0 Å². The maximum Gasteiger partial charge on any atom is 0.0700 e. The first-order chi connectivity index (χ1) is 5.31. The summed E-state index contributed by atoms with van der Waals surface area (Å²) in [6.07, 6.45) is 0. The SMILES string of the molecule is CCOCCOCC(C)CN. The van der Waals surface area contributed by atoms with Gasteiger partial charge in [0.1, 0.15) is 0 Å². The van der Waals surface area contributed by atoms with Crippen molar-refractivity contribution in [3.8, 4) is 0 Å². The molecule has 0 aliphatic carbocycles. The quantitative estimate of drug-likeness (QED) is 0.557. The zero-order valence-corrected chi connectivity index (χ0v) is 7.51. The van der Waals surface area contributed by atoms with Gasteiger partial charge in [-0.15, -0.1) is 0 Å². The molecule has 0 aromatic carbocycles. The lowest BCUT2D eigenvalue weighted by Crippen LogP contribution is -2.18. The van der Waals surface area contributed by atoms with Gasteiger partial charge in [-0.3, -0.25) is 0 Å². The summed E-state index contributed by atoms with van der Waals surface area (Å²) in [6.45, 7) is 7.60. The number of hydrogen-bond donors (Lipinski definition) is 1. The summed E-state index contributed by atoms with van der Waals surface area (Å²) in [5.74, 6) is 0.455. The van der Waals surface area contributed by atoms with Crippen molar-refractivity contribution in [2.75, 3.05) is 33.0 Å². The Kier molecular flexibility index (Phi) is 7.89. The third kappa shape index (κ3) is 7.78. The Balaban J connectivity index is 2.89. The van der Waals surface area contributed by atoms with E-state index in [2.05, 4.69) is 6.92 Å². The molecule has 0 rings (SSSR count). The van der Waals surface area contributed by atoms with E-state index in [-0.39, 0.29) is 0 Å². The van der Waals surface area contributed by atoms with Crippen molar-refractivity contribution in [3.05, 3.63) is 0 Å². The fraction of sp³-hybridized carbons (Fsp3) is 1.00. The molecule has 0 aromatic heterocycles. The summed E-state index contributed by atoms with van der Waals surface area (Å²) in [6, 6.07) is 0. The predicted molar refractivity (Wildman–Crippen MR) is 45.5 cm³/mol. The summed E-state index contributed by atoms with van der Waals surface area (Å²) in [5.41, 5.74) is 5.40. The molecule has 0 saturated carbocycles. The topological polar surface area (TPSA) is 44.5 Å². The van der Waals surface area contributed by atoms with Crippen LogP contribution in [0.15, 0.2) is 0 Å². The molecule has 0 amide bonds. The highest BCUT2D eigenvalue weighted by atomic mass is 16.5. The van der Waals surface area contributed by atoms with E-state index < -0.39 is 0 Å². The first kappa shape index (κ1) is 10.9. The van der Waals surface area contributed by atoms with Crippen molar-refractivity contribution in [2.24, 2.45) is 11.7 Å². The molecule has 0 heterocycles. The Bertz CT molecular complexity index is 78.5. The molecule has 0 bridgehead atoms. The van der Waals surface area contributed by atoms with Crippen molar-refractivity contribution in [1.82, 2.24) is 0 Å². The largest absolute Gasteiger partial charge is 0.379 e. The standard InChI is InChI=1S/C8H19NO2/c1-3-10-4-5-11-7-8(2)6-9/h8H,3-7,9H2,1-2H3. The van der Waals surface area contributed by atoms with Gasteiger partial charge in [-0.2, -0.15) is 0 Å². The maximum atomic E-state index is 5.40. The van der Waals surface area contributed by atoms with Crippen LogP contribution in [0.2, 0.25) is 0 Å². The molecular formula is C8H19NO2. The van der Waals surface area contributed by atoms with Gasteiger partial charge >= 0.3 is 0 Å². The van der Waals surface area contributed by atoms with Gasteiger partial charge in [0, 0.05) is 6.61 Å². The van der Waals surface area contributed by atoms with Crippen LogP contribution in [0.25, 0.3) is 0 Å². The zero-order chi connectivity index (χ0) is 8.53. The third-order valence-electron chi connectivity index (χ3n) is 1.38. The van der Waals surface area contributed by atoms with E-state index in [1.165, 1.54) is 0 Å². The van der Waals surface area contributed by atoms with Gasteiger partial charge in [-0.1, -0.05) is 6.92 Å². The number of rotatable bonds is 7. The molecular weight excluding hydrogens is 142 g/mol. The zero-order valence-electron chi connectivity index (χ0n) is 7.51. The molecule has 0 saturated heterocycles. The van der Waals surface area contributed by atoms with Crippen LogP contribution in [-0.2, 0) is 9.47 Å². The fourth-order valence-corrected chi connectivity index (χ4v) is 0.615. The minimum atomic E-state index is 0.455. The highest BCUT2D eigenvalue weighted by Gasteiger charge is 1.97. The Morgan fingerprint density at radius 1 is 1.27 bits per heavy atom. The van der Waals surface area contributed by atoms with Crippen molar-refractivity contribution in [2.45, 2.75) is 13.8 Å². The monoisotopic (exact) mass is 161 g/mol. The van der Waals surface area contributed by atoms with E-state index in [9.17, 15) is 0 Å². The van der Waals surface area contributed by atoms with Crippen LogP contribution in [0.1, 0.15) is 13.8 Å². The number of ether oxygens (including phenoxy) is 2. The molecule has 2 N–H and O–H groups in total. The van der Waals surface area contributed by atoms with Crippen molar-refractivity contribution < 1.29 is 9.47 Å². The molecule has 3 heteroatoms. The Morgan fingerprint density at radius 2 is 1.91 bits per heavy atom. The van der Waals surface area contributed by atoms with Gasteiger partial charge in [-0.25, -0.2) is 0 Å². The molecule has 0 fully saturated rings. The molecule has 1 atom stereocenters. The lowest BCUT2D eigenvalue weighted by molar-refractivity contribution is 0.0409. The second-order valence-electron chi connectivity index (χ2n) is 2.61. The average Bonchev–Trinajstić information content (AvgIpc) is 2.04. The minimum Gasteiger partial charge on any atom is -0.379 e. The lowest BCUT2D eigenvalue weighted by atomic mass is 10.2. The van der Waals surface area contributed by atoms with Gasteiger partial charge < -0.3 is 15.2 Å². The van der Waals surface area contributed by atoms with Crippen LogP contribution in [0.5, 0.6) is 0 Å². The van der Waals surface area contributed by atoms with Crippen molar-refractivity contribution in [1.29, 1.82) is 0 Å². The van der Waals surface area contributed by atoms with Gasteiger partial charge in [0.05, 0.1) is 19.8 Å². The van der Waals surface area contributed by atoms with Crippen LogP contribution in [0.3, 0.4) is 0 Å². The number of nitrogens with two attached hydrogens (primary N) is 1. The highest BCUT2D eigenvalue weighted by Crippen LogP contribution is 1.91. The van der Waals surface area contributed by atoms with Crippen LogP contribution in [-0.4, -0.2) is 33.0 Å². The van der Waals surface area contributed by atoms with Gasteiger partial charge in [0.15, 0.2) is 0 Å². The molecule has 0 spiro atoms. The molecule has 0 radical (unpaired) electrons. The van der Waals surface area contributed by atoms with E-state index in [0.29, 0.717) is 25.7 Å². The minimum absolute atomic E-state index is 0.455. The van der Waals surface area contributed by atoms with Crippen LogP contribution < -0.4 is 5.73 Å². The smallest absolute Gasteiger partial charge is 0.0700 e. The lowest BCUT2D eigenvalue weighted by Gasteiger charge is -2.08. The van der Waals surface area contributed by atoms with Crippen LogP contribution >= 0.6 is 0 Å². The predicted octanol–water partition coefficient (Wildman–Crippen LogP) is 0.634. The van der Waals surface area contributed by atoms with E-state index in [1.807, 2.05) is 6.92 Å². The van der Waals surface area contributed by atoms with Crippen molar-refractivity contribution in [3.63, 3.8) is 0 Å². The van der Waals surface area contributed by atoms with Crippen LogP contribution in [0.4, 0.5) is 0 Å². The maximum absolute atomic E-state index is 5.40. The molecule has 0 aromatic rings. The van der Waals surface area contributed by atoms with Crippen molar-refractivity contribution >= 4 is 0 Å². The summed E-state index contributed by atoms with van der Waals surface area (Å²) in [5, 5.41) is 0. The van der Waals surface area contributed by atoms with E-state index in [0.717, 1.165) is 13.2 Å². The molecule has 3 nitrogen and oxygen atoms in total. The first-order valence-electron chi connectivity index (χ1n) is 4.16. The average molecular weight is 161 g/mol. The molecule has 1 unspecified atom stereocenters. The molecule has 0 aliphatic rings. The van der Waals surface area contributed by atoms with Crippen LogP contribution in [0, 0.1) is 5.92 Å². The molecule has 68 valence electrons. The highest BCUT2D eigenvalue weighted by molar-refractivity contribution is 4.49. The Labute approximate surface area is 68.9 Å². The summed E-state index contributed by atoms with van der Waals surface area (Å²) in [7, 11) is 0. The summed E-state index contributed by atoms with van der Waals surface area (Å²) < 4.78 is 10.4. The third-order valence-corrected chi connectivity index (χ3v) is 1.38. The molecule has 11 heavy (non-hydrogen) atoms. The summed E-state index contributed by atoms with van der Waals surface area (Å²) in [4.78, 5) is 0. The normalized spacial score (nSPS) is 13.4. The summed E-state index contributed by atoms with van der Waals surface area (Å²) >= 11 is 0. The fourth-order valence-electron chi connectivity index (χ4n) is 0.615. The van der Waals surface area contributed by atoms with E-state index in [1.54, 1.807) is 0 Å². The van der Waals surface area contributed by atoms with E-state index >= 15 is 0 Å². The second kappa shape index (κ2) is 7.98. The molecule has 0 aliphatic heterocycles. The Hall–Kier alpha value is -0.120. The number of hydrogen-bond acceptors (Lipinski definition) is 3. The Morgan fingerprint density at radius 3 is 2.45 bits per heavy atom. The first-order valence-corrected chi connectivity index (χ1v) is 4.16.